The molecular weight excluding hydrogens is 302 g/mol. The summed E-state index contributed by atoms with van der Waals surface area (Å²) in [6.07, 6.45) is 6.78. The molecule has 0 saturated carbocycles. The minimum Gasteiger partial charge on any atom is -0.340 e. The monoisotopic (exact) mass is 327 g/mol. The SMILES string of the molecule is CN(Cc1ccccc1)C(=O)CN1CCCC[C@H]1Cn1cncn1. The molecular formula is C18H25N5O. The van der Waals surface area contributed by atoms with Crippen molar-refractivity contribution < 1.29 is 4.79 Å². The Labute approximate surface area is 143 Å². The van der Waals surface area contributed by atoms with E-state index in [-0.39, 0.29) is 5.91 Å². The summed E-state index contributed by atoms with van der Waals surface area (Å²) in [5, 5.41) is 4.20. The number of likely N-dealkylation sites (tertiary alicyclic amines) is 1. The lowest BCUT2D eigenvalue weighted by atomic mass is 10.0. The second kappa shape index (κ2) is 8.06. The van der Waals surface area contributed by atoms with E-state index < -0.39 is 0 Å². The molecule has 0 radical (unpaired) electrons. The smallest absolute Gasteiger partial charge is 0.236 e. The zero-order valence-corrected chi connectivity index (χ0v) is 14.2. The molecule has 6 nitrogen and oxygen atoms in total. The van der Waals surface area contributed by atoms with Crippen molar-refractivity contribution in [1.82, 2.24) is 24.6 Å². The van der Waals surface area contributed by atoms with E-state index in [2.05, 4.69) is 27.1 Å². The highest BCUT2D eigenvalue weighted by Gasteiger charge is 2.25. The highest BCUT2D eigenvalue weighted by atomic mass is 16.2. The average molecular weight is 327 g/mol. The molecule has 128 valence electrons. The van der Waals surface area contributed by atoms with Crippen LogP contribution in [-0.4, -0.2) is 56.7 Å². The number of hydrogen-bond donors (Lipinski definition) is 0. The van der Waals surface area contributed by atoms with E-state index in [1.807, 2.05) is 34.8 Å². The Morgan fingerprint density at radius 1 is 1.29 bits per heavy atom. The van der Waals surface area contributed by atoms with Gasteiger partial charge in [0.05, 0.1) is 13.1 Å². The van der Waals surface area contributed by atoms with Gasteiger partial charge in [-0.3, -0.25) is 14.4 Å². The maximum Gasteiger partial charge on any atom is 0.236 e. The van der Waals surface area contributed by atoms with Gasteiger partial charge in [0.15, 0.2) is 0 Å². The number of aromatic nitrogens is 3. The average Bonchev–Trinajstić information content (AvgIpc) is 3.10. The van der Waals surface area contributed by atoms with Crippen LogP contribution in [0.25, 0.3) is 0 Å². The highest BCUT2D eigenvalue weighted by Crippen LogP contribution is 2.18. The van der Waals surface area contributed by atoms with Crippen LogP contribution in [0, 0.1) is 0 Å². The Balaban J connectivity index is 1.56. The second-order valence-corrected chi connectivity index (χ2v) is 6.47. The van der Waals surface area contributed by atoms with Crippen molar-refractivity contribution in [1.29, 1.82) is 0 Å². The van der Waals surface area contributed by atoms with Crippen LogP contribution in [0.2, 0.25) is 0 Å². The van der Waals surface area contributed by atoms with E-state index >= 15 is 0 Å². The van der Waals surface area contributed by atoms with Crippen molar-refractivity contribution in [2.45, 2.75) is 38.4 Å². The summed E-state index contributed by atoms with van der Waals surface area (Å²) < 4.78 is 1.86. The third-order valence-corrected chi connectivity index (χ3v) is 4.64. The number of rotatable bonds is 6. The van der Waals surface area contributed by atoms with Crippen molar-refractivity contribution in [2.24, 2.45) is 0 Å². The molecule has 0 bridgehead atoms. The molecule has 0 aliphatic carbocycles. The lowest BCUT2D eigenvalue weighted by molar-refractivity contribution is -0.132. The molecule has 0 unspecified atom stereocenters. The molecule has 1 amide bonds. The quantitative estimate of drug-likeness (QED) is 0.812. The van der Waals surface area contributed by atoms with Crippen LogP contribution < -0.4 is 0 Å². The molecule has 1 aromatic carbocycles. The number of carbonyl (C=O) groups excluding carboxylic acids is 1. The lowest BCUT2D eigenvalue weighted by Crippen LogP contribution is -2.47. The van der Waals surface area contributed by atoms with Gasteiger partial charge in [-0.2, -0.15) is 5.10 Å². The summed E-state index contributed by atoms with van der Waals surface area (Å²) in [5.41, 5.74) is 1.16. The molecule has 0 spiro atoms. The topological polar surface area (TPSA) is 54.3 Å². The summed E-state index contributed by atoms with van der Waals surface area (Å²) in [4.78, 5) is 20.7. The second-order valence-electron chi connectivity index (χ2n) is 6.47. The normalized spacial score (nSPS) is 18.5. The number of benzene rings is 1. The van der Waals surface area contributed by atoms with Crippen molar-refractivity contribution >= 4 is 5.91 Å². The third kappa shape index (κ3) is 4.41. The highest BCUT2D eigenvalue weighted by molar-refractivity contribution is 5.78. The lowest BCUT2D eigenvalue weighted by Gasteiger charge is -2.36. The van der Waals surface area contributed by atoms with Crippen molar-refractivity contribution in [2.75, 3.05) is 20.1 Å². The van der Waals surface area contributed by atoms with Gasteiger partial charge in [0.1, 0.15) is 12.7 Å². The number of amides is 1. The molecule has 24 heavy (non-hydrogen) atoms. The Morgan fingerprint density at radius 2 is 2.12 bits per heavy atom. The van der Waals surface area contributed by atoms with Gasteiger partial charge in [-0.25, -0.2) is 4.98 Å². The van der Waals surface area contributed by atoms with Gasteiger partial charge >= 0.3 is 0 Å². The van der Waals surface area contributed by atoms with Crippen LogP contribution >= 0.6 is 0 Å². The first-order valence-electron chi connectivity index (χ1n) is 8.57. The predicted molar refractivity (Wildman–Crippen MR) is 92.2 cm³/mol. The molecule has 0 N–H and O–H groups in total. The standard InChI is InChI=1S/C18H25N5O/c1-21(11-16-7-3-2-4-8-16)18(24)13-22-10-6-5-9-17(22)12-23-15-19-14-20-23/h2-4,7-8,14-15,17H,5-6,9-13H2,1H3/t17-/m0/s1. The van der Waals surface area contributed by atoms with Crippen molar-refractivity contribution in [3.63, 3.8) is 0 Å². The molecule has 2 heterocycles. The Morgan fingerprint density at radius 3 is 2.88 bits per heavy atom. The third-order valence-electron chi connectivity index (χ3n) is 4.64. The summed E-state index contributed by atoms with van der Waals surface area (Å²) in [5.74, 6) is 0.171. The number of carbonyl (C=O) groups is 1. The molecule has 1 fully saturated rings. The van der Waals surface area contributed by atoms with Crippen LogP contribution in [0.1, 0.15) is 24.8 Å². The summed E-state index contributed by atoms with van der Waals surface area (Å²) >= 11 is 0. The van der Waals surface area contributed by atoms with E-state index in [0.717, 1.165) is 31.5 Å². The molecule has 3 rings (SSSR count). The van der Waals surface area contributed by atoms with Crippen LogP contribution in [-0.2, 0) is 17.9 Å². The van der Waals surface area contributed by atoms with Crippen LogP contribution in [0.5, 0.6) is 0 Å². The van der Waals surface area contributed by atoms with Gasteiger partial charge in [-0.15, -0.1) is 0 Å². The van der Waals surface area contributed by atoms with E-state index in [4.69, 9.17) is 0 Å². The minimum atomic E-state index is 0.171. The van der Waals surface area contributed by atoms with Gasteiger partial charge in [-0.1, -0.05) is 36.8 Å². The zero-order valence-electron chi connectivity index (χ0n) is 14.2. The number of nitrogens with zero attached hydrogens (tertiary/aromatic N) is 5. The Bertz CT molecular complexity index is 628. The van der Waals surface area contributed by atoms with Crippen LogP contribution in [0.4, 0.5) is 0 Å². The minimum absolute atomic E-state index is 0.171. The number of likely N-dealkylation sites (N-methyl/N-ethyl adjacent to an activating group) is 1. The molecule has 2 aromatic rings. The van der Waals surface area contributed by atoms with Gasteiger partial charge in [-0.05, 0) is 24.9 Å². The fourth-order valence-corrected chi connectivity index (χ4v) is 3.26. The van der Waals surface area contributed by atoms with Gasteiger partial charge in [0, 0.05) is 19.6 Å². The summed E-state index contributed by atoms with van der Waals surface area (Å²) in [6, 6.07) is 10.5. The molecule has 1 atom stereocenters. The molecule has 1 saturated heterocycles. The first-order valence-corrected chi connectivity index (χ1v) is 8.57. The first kappa shape index (κ1) is 16.6. The largest absolute Gasteiger partial charge is 0.340 e. The Kier molecular flexibility index (Phi) is 5.59. The summed E-state index contributed by atoms with van der Waals surface area (Å²) in [7, 11) is 1.88. The van der Waals surface area contributed by atoms with E-state index in [9.17, 15) is 4.79 Å². The molecule has 1 aromatic heterocycles. The van der Waals surface area contributed by atoms with Crippen LogP contribution in [0.15, 0.2) is 43.0 Å². The fourth-order valence-electron chi connectivity index (χ4n) is 3.26. The maximum absolute atomic E-state index is 12.6. The summed E-state index contributed by atoms with van der Waals surface area (Å²) in [6.45, 7) is 2.91. The van der Waals surface area contributed by atoms with E-state index in [0.29, 0.717) is 19.1 Å². The van der Waals surface area contributed by atoms with E-state index in [1.54, 1.807) is 12.7 Å². The number of piperidine rings is 1. The van der Waals surface area contributed by atoms with Crippen molar-refractivity contribution in [3.05, 3.63) is 48.5 Å². The van der Waals surface area contributed by atoms with Crippen molar-refractivity contribution in [3.8, 4) is 0 Å². The van der Waals surface area contributed by atoms with Crippen LogP contribution in [0.3, 0.4) is 0 Å². The van der Waals surface area contributed by atoms with E-state index in [1.165, 1.54) is 6.42 Å². The molecule has 6 heteroatoms. The Hall–Kier alpha value is -2.21. The molecule has 1 aliphatic heterocycles. The first-order chi connectivity index (χ1) is 11.7. The zero-order chi connectivity index (χ0) is 16.8. The van der Waals surface area contributed by atoms with Gasteiger partial charge in [0.25, 0.3) is 0 Å². The van der Waals surface area contributed by atoms with Gasteiger partial charge < -0.3 is 4.90 Å². The molecule has 1 aliphatic rings. The number of hydrogen-bond acceptors (Lipinski definition) is 4. The van der Waals surface area contributed by atoms with Gasteiger partial charge in [0.2, 0.25) is 5.91 Å². The fraction of sp³-hybridized carbons (Fsp3) is 0.500. The predicted octanol–water partition coefficient (Wildman–Crippen LogP) is 1.79. The maximum atomic E-state index is 12.6.